The summed E-state index contributed by atoms with van der Waals surface area (Å²) in [6, 6.07) is 12.2. The minimum absolute atomic E-state index is 0. The lowest BCUT2D eigenvalue weighted by Crippen LogP contribution is -2.48. The molecule has 1 fully saturated rings. The van der Waals surface area contributed by atoms with Crippen LogP contribution in [0.3, 0.4) is 0 Å². The number of carbonyl (C=O) groups excluding carboxylic acids is 1. The van der Waals surface area contributed by atoms with E-state index >= 15 is 0 Å². The normalized spacial score (nSPS) is 16.3. The van der Waals surface area contributed by atoms with E-state index < -0.39 is 0 Å². The lowest BCUT2D eigenvalue weighted by molar-refractivity contribution is 0.0627. The molecule has 4 rings (SSSR count). The van der Waals surface area contributed by atoms with Crippen molar-refractivity contribution >= 4 is 18.3 Å². The van der Waals surface area contributed by atoms with E-state index in [1.807, 2.05) is 6.07 Å². The van der Waals surface area contributed by atoms with Crippen molar-refractivity contribution in [3.8, 4) is 0 Å². The maximum atomic E-state index is 13.6. The van der Waals surface area contributed by atoms with E-state index in [-0.39, 0.29) is 41.7 Å². The number of nitrogens with one attached hydrogen (secondary N) is 1. The second kappa shape index (κ2) is 9.11. The van der Waals surface area contributed by atoms with E-state index in [4.69, 9.17) is 0 Å². The molecule has 1 aliphatic heterocycles. The largest absolute Gasteiger partial charge is 0.328 e. The van der Waals surface area contributed by atoms with Gasteiger partial charge in [0, 0.05) is 19.6 Å². The fourth-order valence-corrected chi connectivity index (χ4v) is 3.40. The van der Waals surface area contributed by atoms with E-state index in [2.05, 4.69) is 15.6 Å². The molecule has 2 heterocycles. The van der Waals surface area contributed by atoms with Crippen LogP contribution in [0.25, 0.3) is 0 Å². The van der Waals surface area contributed by atoms with E-state index in [0.717, 1.165) is 11.1 Å². The minimum Gasteiger partial charge on any atom is -0.328 e. The van der Waals surface area contributed by atoms with Crippen molar-refractivity contribution in [3.63, 3.8) is 0 Å². The Bertz CT molecular complexity index is 996. The van der Waals surface area contributed by atoms with Crippen molar-refractivity contribution in [1.29, 1.82) is 0 Å². The van der Waals surface area contributed by atoms with E-state index in [1.165, 1.54) is 28.9 Å². The second-order valence-electron chi connectivity index (χ2n) is 6.70. The highest BCUT2D eigenvalue weighted by Crippen LogP contribution is 2.24. The van der Waals surface area contributed by atoms with E-state index in [0.29, 0.717) is 26.2 Å². The highest BCUT2D eigenvalue weighted by Gasteiger charge is 2.30. The number of hydrogen-bond acceptors (Lipinski definition) is 4. The Morgan fingerprint density at radius 1 is 1.14 bits per heavy atom. The zero-order valence-electron chi connectivity index (χ0n) is 15.5. The zero-order chi connectivity index (χ0) is 19.5. The number of aromatic nitrogens is 3. The summed E-state index contributed by atoms with van der Waals surface area (Å²) in [6.07, 6.45) is 1.55. The molecule has 1 unspecified atom stereocenters. The molecule has 0 spiro atoms. The lowest BCUT2D eigenvalue weighted by atomic mass is 10.0. The molecule has 1 aromatic heterocycles. The molecule has 0 aliphatic carbocycles. The van der Waals surface area contributed by atoms with Crippen molar-refractivity contribution in [2.24, 2.45) is 0 Å². The molecule has 152 valence electrons. The van der Waals surface area contributed by atoms with Gasteiger partial charge in [0.15, 0.2) is 5.69 Å². The third-order valence-corrected chi connectivity index (χ3v) is 4.73. The first-order chi connectivity index (χ1) is 13.6. The van der Waals surface area contributed by atoms with Crippen LogP contribution in [0, 0.1) is 11.6 Å². The van der Waals surface area contributed by atoms with Crippen LogP contribution in [0.2, 0.25) is 0 Å². The van der Waals surface area contributed by atoms with Crippen LogP contribution >= 0.6 is 12.4 Å². The Hall–Kier alpha value is -2.84. The van der Waals surface area contributed by atoms with E-state index in [9.17, 15) is 13.6 Å². The van der Waals surface area contributed by atoms with Crippen LogP contribution in [0.15, 0.2) is 54.7 Å². The maximum Gasteiger partial charge on any atom is 0.276 e. The third-order valence-electron chi connectivity index (χ3n) is 4.73. The lowest BCUT2D eigenvalue weighted by Gasteiger charge is -2.36. The van der Waals surface area contributed by atoms with Gasteiger partial charge in [-0.05, 0) is 35.4 Å². The number of nitrogens with zero attached hydrogens (tertiary/aromatic N) is 4. The Morgan fingerprint density at radius 3 is 2.66 bits per heavy atom. The smallest absolute Gasteiger partial charge is 0.276 e. The van der Waals surface area contributed by atoms with Gasteiger partial charge in [-0.3, -0.25) is 4.79 Å². The van der Waals surface area contributed by atoms with Crippen LogP contribution in [-0.2, 0) is 6.54 Å². The van der Waals surface area contributed by atoms with Crippen molar-refractivity contribution in [2.45, 2.75) is 12.6 Å². The maximum absolute atomic E-state index is 13.6. The number of piperazine rings is 1. The van der Waals surface area contributed by atoms with Crippen LogP contribution in [0.4, 0.5) is 8.78 Å². The number of carbonyl (C=O) groups is 1. The molecular weight excluding hydrogens is 400 g/mol. The fourth-order valence-electron chi connectivity index (χ4n) is 3.40. The number of amides is 1. The van der Waals surface area contributed by atoms with Gasteiger partial charge in [0.2, 0.25) is 0 Å². The molecule has 1 aliphatic rings. The van der Waals surface area contributed by atoms with Crippen LogP contribution < -0.4 is 5.32 Å². The van der Waals surface area contributed by atoms with Gasteiger partial charge < -0.3 is 10.2 Å². The summed E-state index contributed by atoms with van der Waals surface area (Å²) >= 11 is 0. The number of rotatable bonds is 4. The van der Waals surface area contributed by atoms with Gasteiger partial charge in [-0.2, -0.15) is 0 Å². The van der Waals surface area contributed by atoms with Crippen molar-refractivity contribution in [2.75, 3.05) is 19.6 Å². The number of hydrogen-bond donors (Lipinski definition) is 1. The summed E-state index contributed by atoms with van der Waals surface area (Å²) in [5.74, 6) is -0.926. The summed E-state index contributed by atoms with van der Waals surface area (Å²) in [5, 5.41) is 11.2. The molecule has 0 bridgehead atoms. The summed E-state index contributed by atoms with van der Waals surface area (Å²) in [5.41, 5.74) is 1.66. The quantitative estimate of drug-likeness (QED) is 0.706. The average molecular weight is 420 g/mol. The topological polar surface area (TPSA) is 63.1 Å². The van der Waals surface area contributed by atoms with E-state index in [1.54, 1.807) is 29.3 Å². The van der Waals surface area contributed by atoms with Crippen LogP contribution in [0.5, 0.6) is 0 Å². The van der Waals surface area contributed by atoms with Gasteiger partial charge in [0.05, 0.1) is 18.8 Å². The fraction of sp³-hybridized carbons (Fsp3) is 0.250. The van der Waals surface area contributed by atoms with Crippen molar-refractivity contribution in [1.82, 2.24) is 25.2 Å². The molecule has 0 radical (unpaired) electrons. The van der Waals surface area contributed by atoms with Crippen molar-refractivity contribution in [3.05, 3.63) is 83.2 Å². The predicted molar refractivity (Wildman–Crippen MR) is 106 cm³/mol. The van der Waals surface area contributed by atoms with Gasteiger partial charge >= 0.3 is 0 Å². The standard InChI is InChI=1S/C20H19F2N5O.ClH/c21-16-5-1-3-14(9-16)12-26-13-18(24-25-26)20(28)27-8-7-23-11-19(27)15-4-2-6-17(22)10-15;/h1-6,9-10,13,19,23H,7-8,11-12H2;1H. The van der Waals surface area contributed by atoms with Crippen LogP contribution in [-0.4, -0.2) is 45.4 Å². The summed E-state index contributed by atoms with van der Waals surface area (Å²) in [4.78, 5) is 14.7. The first-order valence-electron chi connectivity index (χ1n) is 9.02. The Labute approximate surface area is 172 Å². The highest BCUT2D eigenvalue weighted by atomic mass is 35.5. The molecule has 3 aromatic rings. The molecule has 1 amide bonds. The molecule has 9 heteroatoms. The predicted octanol–water partition coefficient (Wildman–Crippen LogP) is 2.81. The third kappa shape index (κ3) is 4.78. The van der Waals surface area contributed by atoms with Gasteiger partial charge in [0.1, 0.15) is 11.6 Å². The molecule has 29 heavy (non-hydrogen) atoms. The zero-order valence-corrected chi connectivity index (χ0v) is 16.3. The Balaban J connectivity index is 0.00000240. The molecule has 1 atom stereocenters. The molecule has 0 saturated carbocycles. The molecule has 1 N–H and O–H groups in total. The van der Waals surface area contributed by atoms with Crippen LogP contribution in [0.1, 0.15) is 27.7 Å². The first-order valence-corrected chi connectivity index (χ1v) is 9.02. The van der Waals surface area contributed by atoms with Gasteiger partial charge in [-0.15, -0.1) is 17.5 Å². The SMILES string of the molecule is Cl.O=C(c1cn(Cc2cccc(F)c2)nn1)N1CCNCC1c1cccc(F)c1. The van der Waals surface area contributed by atoms with Gasteiger partial charge in [0.25, 0.3) is 5.91 Å². The second-order valence-corrected chi connectivity index (χ2v) is 6.70. The number of halogens is 3. The summed E-state index contributed by atoms with van der Waals surface area (Å²) < 4.78 is 28.5. The molecule has 6 nitrogen and oxygen atoms in total. The minimum atomic E-state index is -0.337. The number of benzene rings is 2. The Kier molecular flexibility index (Phi) is 6.56. The highest BCUT2D eigenvalue weighted by molar-refractivity contribution is 5.92. The van der Waals surface area contributed by atoms with Gasteiger partial charge in [-0.25, -0.2) is 13.5 Å². The molecule has 1 saturated heterocycles. The summed E-state index contributed by atoms with van der Waals surface area (Å²) in [6.45, 7) is 1.98. The Morgan fingerprint density at radius 2 is 1.90 bits per heavy atom. The average Bonchev–Trinajstić information content (AvgIpc) is 3.16. The van der Waals surface area contributed by atoms with Crippen molar-refractivity contribution < 1.29 is 13.6 Å². The van der Waals surface area contributed by atoms with Gasteiger partial charge in [-0.1, -0.05) is 29.5 Å². The monoisotopic (exact) mass is 419 g/mol. The molecular formula is C20H20ClF2N5O. The summed E-state index contributed by atoms with van der Waals surface area (Å²) in [7, 11) is 0. The molecule has 2 aromatic carbocycles. The first kappa shape index (κ1) is 20.9.